The number of amides is 1. The Morgan fingerprint density at radius 1 is 1.23 bits per heavy atom. The van der Waals surface area contributed by atoms with Crippen LogP contribution in [0.4, 0.5) is 10.1 Å². The molecule has 2 heterocycles. The van der Waals surface area contributed by atoms with Crippen LogP contribution in [0.15, 0.2) is 66.3 Å². The van der Waals surface area contributed by atoms with Crippen molar-refractivity contribution in [1.29, 1.82) is 0 Å². The van der Waals surface area contributed by atoms with Crippen molar-refractivity contribution in [3.63, 3.8) is 0 Å². The maximum atomic E-state index is 14.2. The van der Waals surface area contributed by atoms with Crippen LogP contribution in [0.1, 0.15) is 18.1 Å². The number of rotatable bonds is 4. The fraction of sp³-hybridized carbons (Fsp3) is 0.111. The van der Waals surface area contributed by atoms with E-state index in [2.05, 4.69) is 20.6 Å². The lowest BCUT2D eigenvalue weighted by molar-refractivity contribution is -0.110. The summed E-state index contributed by atoms with van der Waals surface area (Å²) in [4.78, 5) is 21.5. The highest BCUT2D eigenvalue weighted by atomic mass is 19.1. The number of hydrogen-bond acceptors (Lipinski definition) is 5. The third kappa shape index (κ3) is 3.16. The molecule has 4 rings (SSSR count). The van der Waals surface area contributed by atoms with Gasteiger partial charge in [-0.25, -0.2) is 14.1 Å². The van der Waals surface area contributed by atoms with Gasteiger partial charge in [0.15, 0.2) is 11.9 Å². The molecule has 0 spiro atoms. The first-order valence-corrected chi connectivity index (χ1v) is 7.94. The van der Waals surface area contributed by atoms with Crippen molar-refractivity contribution in [3.05, 3.63) is 72.6 Å². The molecule has 7 nitrogen and oxygen atoms in total. The molecule has 1 unspecified atom stereocenters. The lowest BCUT2D eigenvalue weighted by atomic mass is 10.0. The van der Waals surface area contributed by atoms with E-state index in [0.717, 1.165) is 5.56 Å². The molecule has 1 aliphatic rings. The number of aromatic nitrogens is 3. The lowest BCUT2D eigenvalue weighted by Crippen LogP contribution is -2.22. The van der Waals surface area contributed by atoms with Crippen LogP contribution in [-0.2, 0) is 9.63 Å². The molecule has 0 fully saturated rings. The molecule has 1 aliphatic heterocycles. The average molecular weight is 351 g/mol. The van der Waals surface area contributed by atoms with Gasteiger partial charge in [0.1, 0.15) is 24.1 Å². The molecule has 8 heteroatoms. The first kappa shape index (κ1) is 15.9. The van der Waals surface area contributed by atoms with Crippen LogP contribution in [-0.4, -0.2) is 26.4 Å². The highest BCUT2D eigenvalue weighted by Crippen LogP contribution is 2.27. The number of carbonyl (C=O) groups excluding carboxylic acids is 1. The standard InChI is InChI=1S/C18H14FN5O2/c19-14-8-13(6-7-16(14)24-11-20-10-21-24)22-18(25)15-9-17(26-23-15)12-4-2-1-3-5-12/h1-8,10-11,17H,9H2,(H,22,25). The van der Waals surface area contributed by atoms with Crippen LogP contribution < -0.4 is 5.32 Å². The summed E-state index contributed by atoms with van der Waals surface area (Å²) in [6.07, 6.45) is 2.78. The Morgan fingerprint density at radius 2 is 2.08 bits per heavy atom. The maximum Gasteiger partial charge on any atom is 0.273 e. The van der Waals surface area contributed by atoms with Gasteiger partial charge in [-0.1, -0.05) is 35.5 Å². The Balaban J connectivity index is 1.43. The molecule has 1 atom stereocenters. The Bertz CT molecular complexity index is 957. The fourth-order valence-corrected chi connectivity index (χ4v) is 2.66. The van der Waals surface area contributed by atoms with Gasteiger partial charge in [-0.3, -0.25) is 4.79 Å². The van der Waals surface area contributed by atoms with E-state index in [-0.39, 0.29) is 17.5 Å². The van der Waals surface area contributed by atoms with Crippen LogP contribution in [0.5, 0.6) is 0 Å². The predicted octanol–water partition coefficient (Wildman–Crippen LogP) is 2.86. The number of nitrogens with zero attached hydrogens (tertiary/aromatic N) is 4. The maximum absolute atomic E-state index is 14.2. The minimum Gasteiger partial charge on any atom is -0.387 e. The lowest BCUT2D eigenvalue weighted by Gasteiger charge is -2.08. The topological polar surface area (TPSA) is 81.4 Å². The molecule has 0 saturated carbocycles. The molecule has 0 aliphatic carbocycles. The van der Waals surface area contributed by atoms with Crippen LogP contribution in [0.2, 0.25) is 0 Å². The molecule has 0 radical (unpaired) electrons. The zero-order valence-electron chi connectivity index (χ0n) is 13.5. The van der Waals surface area contributed by atoms with Gasteiger partial charge < -0.3 is 10.2 Å². The molecule has 1 amide bonds. The highest BCUT2D eigenvalue weighted by Gasteiger charge is 2.27. The van der Waals surface area contributed by atoms with Gasteiger partial charge in [-0.05, 0) is 23.8 Å². The molecule has 1 N–H and O–H groups in total. The van der Waals surface area contributed by atoms with Crippen molar-refractivity contribution in [2.24, 2.45) is 5.16 Å². The van der Waals surface area contributed by atoms with Gasteiger partial charge >= 0.3 is 0 Å². The van der Waals surface area contributed by atoms with Gasteiger partial charge in [0.05, 0.1) is 0 Å². The largest absolute Gasteiger partial charge is 0.387 e. The zero-order chi connectivity index (χ0) is 17.9. The molecule has 3 aromatic rings. The summed E-state index contributed by atoms with van der Waals surface area (Å²) >= 11 is 0. The molecule has 26 heavy (non-hydrogen) atoms. The minimum atomic E-state index is -0.528. The third-order valence-electron chi connectivity index (χ3n) is 3.97. The van der Waals surface area contributed by atoms with E-state index in [0.29, 0.717) is 12.1 Å². The first-order valence-electron chi connectivity index (χ1n) is 7.94. The van der Waals surface area contributed by atoms with Crippen molar-refractivity contribution in [1.82, 2.24) is 14.8 Å². The Kier molecular flexibility index (Phi) is 4.14. The zero-order valence-corrected chi connectivity index (χ0v) is 13.5. The van der Waals surface area contributed by atoms with Crippen LogP contribution >= 0.6 is 0 Å². The van der Waals surface area contributed by atoms with Gasteiger partial charge in [-0.15, -0.1) is 0 Å². The predicted molar refractivity (Wildman–Crippen MR) is 92.3 cm³/mol. The van der Waals surface area contributed by atoms with Crippen LogP contribution in [0.3, 0.4) is 0 Å². The monoisotopic (exact) mass is 351 g/mol. The summed E-state index contributed by atoms with van der Waals surface area (Å²) in [6, 6.07) is 13.9. The number of halogens is 1. The van der Waals surface area contributed by atoms with Crippen LogP contribution in [0, 0.1) is 5.82 Å². The number of carbonyl (C=O) groups is 1. The van der Waals surface area contributed by atoms with E-state index in [9.17, 15) is 9.18 Å². The summed E-state index contributed by atoms with van der Waals surface area (Å²) in [7, 11) is 0. The normalized spacial score (nSPS) is 16.0. The summed E-state index contributed by atoms with van der Waals surface area (Å²) in [5.41, 5.74) is 1.77. The SMILES string of the molecule is O=C(Nc1ccc(-n2cncn2)c(F)c1)C1=NOC(c2ccccc2)C1. The van der Waals surface area contributed by atoms with Gasteiger partial charge in [0, 0.05) is 12.1 Å². The number of oxime groups is 1. The fourth-order valence-electron chi connectivity index (χ4n) is 2.66. The van der Waals surface area contributed by atoms with E-state index < -0.39 is 11.7 Å². The summed E-state index contributed by atoms with van der Waals surface area (Å²) in [5, 5.41) is 10.4. The van der Waals surface area contributed by atoms with E-state index >= 15 is 0 Å². The molecule has 130 valence electrons. The van der Waals surface area contributed by atoms with E-state index in [4.69, 9.17) is 4.84 Å². The third-order valence-corrected chi connectivity index (χ3v) is 3.97. The van der Waals surface area contributed by atoms with Crippen molar-refractivity contribution in [2.45, 2.75) is 12.5 Å². The number of anilines is 1. The van der Waals surface area contributed by atoms with E-state index in [1.807, 2.05) is 30.3 Å². The second kappa shape index (κ2) is 6.75. The smallest absolute Gasteiger partial charge is 0.273 e. The summed E-state index contributed by atoms with van der Waals surface area (Å²) in [6.45, 7) is 0. The van der Waals surface area contributed by atoms with Crippen molar-refractivity contribution < 1.29 is 14.0 Å². The summed E-state index contributed by atoms with van der Waals surface area (Å²) in [5.74, 6) is -0.948. The molecular weight excluding hydrogens is 337 g/mol. The first-order chi connectivity index (χ1) is 12.7. The molecule has 1 aromatic heterocycles. The number of benzene rings is 2. The number of nitrogens with one attached hydrogen (secondary N) is 1. The highest BCUT2D eigenvalue weighted by molar-refractivity contribution is 6.43. The van der Waals surface area contributed by atoms with E-state index in [1.54, 1.807) is 6.07 Å². The van der Waals surface area contributed by atoms with Crippen molar-refractivity contribution in [2.75, 3.05) is 5.32 Å². The second-order valence-electron chi connectivity index (χ2n) is 5.71. The number of hydrogen-bond donors (Lipinski definition) is 1. The molecule has 0 bridgehead atoms. The van der Waals surface area contributed by atoms with Crippen molar-refractivity contribution in [3.8, 4) is 5.69 Å². The second-order valence-corrected chi connectivity index (χ2v) is 5.71. The molecular formula is C18H14FN5O2. The van der Waals surface area contributed by atoms with Gasteiger partial charge in [-0.2, -0.15) is 5.10 Å². The Labute approximate surface area is 148 Å². The average Bonchev–Trinajstić information content (AvgIpc) is 3.35. The summed E-state index contributed by atoms with van der Waals surface area (Å²) < 4.78 is 15.5. The van der Waals surface area contributed by atoms with Gasteiger partial charge in [0.25, 0.3) is 5.91 Å². The Morgan fingerprint density at radius 3 is 2.81 bits per heavy atom. The van der Waals surface area contributed by atoms with Gasteiger partial charge in [0.2, 0.25) is 0 Å². The van der Waals surface area contributed by atoms with Crippen LogP contribution in [0.25, 0.3) is 5.69 Å². The quantitative estimate of drug-likeness (QED) is 0.784. The minimum absolute atomic E-state index is 0.242. The van der Waals surface area contributed by atoms with E-state index in [1.165, 1.54) is 29.5 Å². The van der Waals surface area contributed by atoms with Crippen molar-refractivity contribution >= 4 is 17.3 Å². The Hall–Kier alpha value is -3.55. The molecule has 2 aromatic carbocycles. The molecule has 0 saturated heterocycles.